The lowest BCUT2D eigenvalue weighted by Crippen LogP contribution is -2.16. The van der Waals surface area contributed by atoms with Crippen molar-refractivity contribution >= 4 is 10.1 Å². The molecule has 5 heteroatoms. The van der Waals surface area contributed by atoms with Crippen molar-refractivity contribution in [2.45, 2.75) is 25.4 Å². The minimum atomic E-state index is -3.41. The summed E-state index contributed by atoms with van der Waals surface area (Å²) in [6.07, 6.45) is 3.35. The van der Waals surface area contributed by atoms with Crippen LogP contribution in [0.4, 0.5) is 0 Å². The normalized spacial score (nSPS) is 19.8. The molecule has 0 spiro atoms. The van der Waals surface area contributed by atoms with Crippen LogP contribution < -0.4 is 4.74 Å². The molecular weight excluding hydrogens is 240 g/mol. The Hall–Kier alpha value is -1.07. The second-order valence-electron chi connectivity index (χ2n) is 4.25. The number of ether oxygens (including phenoxy) is 1. The zero-order chi connectivity index (χ0) is 12.5. The van der Waals surface area contributed by atoms with Crippen LogP contribution in [0.2, 0.25) is 0 Å². The molecule has 0 N–H and O–H groups in total. The van der Waals surface area contributed by atoms with Crippen LogP contribution in [0.15, 0.2) is 18.2 Å². The van der Waals surface area contributed by atoms with Crippen LogP contribution >= 0.6 is 0 Å². The third-order valence-corrected chi connectivity index (χ3v) is 3.48. The van der Waals surface area contributed by atoms with Crippen LogP contribution in [-0.2, 0) is 20.7 Å². The van der Waals surface area contributed by atoms with Crippen LogP contribution in [-0.4, -0.2) is 21.8 Å². The maximum atomic E-state index is 11.2. The maximum absolute atomic E-state index is 11.2. The topological polar surface area (TPSA) is 52.6 Å². The molecule has 0 saturated carbocycles. The highest BCUT2D eigenvalue weighted by Gasteiger charge is 2.24. The first-order chi connectivity index (χ1) is 7.99. The van der Waals surface area contributed by atoms with Crippen molar-refractivity contribution in [3.8, 4) is 5.75 Å². The Morgan fingerprint density at radius 2 is 2.12 bits per heavy atom. The molecule has 0 heterocycles. The Morgan fingerprint density at radius 3 is 2.76 bits per heavy atom. The van der Waals surface area contributed by atoms with E-state index in [2.05, 4.69) is 0 Å². The van der Waals surface area contributed by atoms with Gasteiger partial charge in [0.25, 0.3) is 10.1 Å². The number of benzene rings is 1. The first kappa shape index (κ1) is 12.4. The smallest absolute Gasteiger partial charge is 0.264 e. The molecule has 0 aliphatic heterocycles. The van der Waals surface area contributed by atoms with Gasteiger partial charge >= 0.3 is 0 Å². The predicted molar refractivity (Wildman–Crippen MR) is 64.6 cm³/mol. The van der Waals surface area contributed by atoms with Gasteiger partial charge in [-0.25, -0.2) is 0 Å². The van der Waals surface area contributed by atoms with Gasteiger partial charge in [-0.15, -0.1) is 0 Å². The molecule has 0 amide bonds. The summed E-state index contributed by atoms with van der Waals surface area (Å²) in [6.45, 7) is 0. The van der Waals surface area contributed by atoms with Crippen LogP contribution in [0.1, 0.15) is 30.1 Å². The molecule has 1 aromatic rings. The van der Waals surface area contributed by atoms with Gasteiger partial charge in [-0.3, -0.25) is 4.18 Å². The average molecular weight is 256 g/mol. The van der Waals surface area contributed by atoms with Crippen molar-refractivity contribution in [1.29, 1.82) is 0 Å². The Kier molecular flexibility index (Phi) is 3.40. The summed E-state index contributed by atoms with van der Waals surface area (Å²) >= 11 is 0. The van der Waals surface area contributed by atoms with Gasteiger partial charge in [0.1, 0.15) is 11.9 Å². The molecule has 0 bridgehead atoms. The molecule has 17 heavy (non-hydrogen) atoms. The molecule has 0 saturated heterocycles. The van der Waals surface area contributed by atoms with Crippen molar-refractivity contribution in [3.05, 3.63) is 29.3 Å². The van der Waals surface area contributed by atoms with E-state index in [1.54, 1.807) is 7.11 Å². The van der Waals surface area contributed by atoms with Crippen molar-refractivity contribution in [3.63, 3.8) is 0 Å². The molecule has 1 unspecified atom stereocenters. The quantitative estimate of drug-likeness (QED) is 0.777. The van der Waals surface area contributed by atoms with Crippen molar-refractivity contribution < 1.29 is 17.3 Å². The zero-order valence-electron chi connectivity index (χ0n) is 9.97. The zero-order valence-corrected chi connectivity index (χ0v) is 10.8. The third-order valence-electron chi connectivity index (χ3n) is 2.90. The van der Waals surface area contributed by atoms with E-state index < -0.39 is 10.1 Å². The standard InChI is InChI=1S/C12H16O4S/c1-15-10-6-7-11-9(8-10)4-3-5-12(11)16-17(2,13)14/h6-8,12H,3-5H2,1-2H3. The fraction of sp³-hybridized carbons (Fsp3) is 0.500. The van der Waals surface area contributed by atoms with Gasteiger partial charge < -0.3 is 4.74 Å². The van der Waals surface area contributed by atoms with Gasteiger partial charge in [-0.1, -0.05) is 6.07 Å². The molecule has 1 atom stereocenters. The van der Waals surface area contributed by atoms with E-state index in [9.17, 15) is 8.42 Å². The molecule has 1 aromatic carbocycles. The lowest BCUT2D eigenvalue weighted by atomic mass is 9.89. The molecule has 2 rings (SSSR count). The SMILES string of the molecule is COc1ccc2c(c1)CCCC2OS(C)(=O)=O. The number of fused-ring (bicyclic) bond motifs is 1. The molecule has 0 radical (unpaired) electrons. The second kappa shape index (κ2) is 4.66. The highest BCUT2D eigenvalue weighted by molar-refractivity contribution is 7.86. The average Bonchev–Trinajstić information content (AvgIpc) is 2.26. The van der Waals surface area contributed by atoms with Crippen molar-refractivity contribution in [2.75, 3.05) is 13.4 Å². The first-order valence-corrected chi connectivity index (χ1v) is 7.36. The van der Waals surface area contributed by atoms with Crippen LogP contribution in [0.25, 0.3) is 0 Å². The summed E-state index contributed by atoms with van der Waals surface area (Å²) in [5, 5.41) is 0. The minimum Gasteiger partial charge on any atom is -0.497 e. The van der Waals surface area contributed by atoms with Crippen molar-refractivity contribution in [1.82, 2.24) is 0 Å². The lowest BCUT2D eigenvalue weighted by molar-refractivity contribution is 0.193. The molecule has 0 aromatic heterocycles. The minimum absolute atomic E-state index is 0.348. The summed E-state index contributed by atoms with van der Waals surface area (Å²) in [7, 11) is -1.79. The summed E-state index contributed by atoms with van der Waals surface area (Å²) in [5.41, 5.74) is 2.08. The largest absolute Gasteiger partial charge is 0.497 e. The van der Waals surface area contributed by atoms with E-state index in [0.29, 0.717) is 0 Å². The highest BCUT2D eigenvalue weighted by atomic mass is 32.2. The van der Waals surface area contributed by atoms with Gasteiger partial charge in [-0.05, 0) is 42.5 Å². The summed E-state index contributed by atoms with van der Waals surface area (Å²) in [5.74, 6) is 0.795. The Morgan fingerprint density at radius 1 is 1.35 bits per heavy atom. The predicted octanol–water partition coefficient (Wildman–Crippen LogP) is 2.05. The van der Waals surface area contributed by atoms with Crippen molar-refractivity contribution in [2.24, 2.45) is 0 Å². The van der Waals surface area contributed by atoms with E-state index in [1.165, 1.54) is 0 Å². The van der Waals surface area contributed by atoms with E-state index in [4.69, 9.17) is 8.92 Å². The second-order valence-corrected chi connectivity index (χ2v) is 5.85. The van der Waals surface area contributed by atoms with Gasteiger partial charge in [0.15, 0.2) is 0 Å². The van der Waals surface area contributed by atoms with E-state index in [0.717, 1.165) is 42.4 Å². The Bertz CT molecular complexity index is 507. The number of hydrogen-bond acceptors (Lipinski definition) is 4. The maximum Gasteiger partial charge on any atom is 0.264 e. The Labute approximate surface area is 102 Å². The molecular formula is C12H16O4S. The van der Waals surface area contributed by atoms with E-state index in [1.807, 2.05) is 18.2 Å². The van der Waals surface area contributed by atoms with Crippen LogP contribution in [0, 0.1) is 0 Å². The first-order valence-electron chi connectivity index (χ1n) is 5.54. The number of methoxy groups -OCH3 is 1. The number of aryl methyl sites for hydroxylation is 1. The molecule has 1 aliphatic rings. The lowest BCUT2D eigenvalue weighted by Gasteiger charge is -2.24. The van der Waals surface area contributed by atoms with Gasteiger partial charge in [0.05, 0.1) is 13.4 Å². The van der Waals surface area contributed by atoms with E-state index >= 15 is 0 Å². The fourth-order valence-corrected chi connectivity index (χ4v) is 2.81. The summed E-state index contributed by atoms with van der Waals surface area (Å²) < 4.78 is 32.6. The highest BCUT2D eigenvalue weighted by Crippen LogP contribution is 2.35. The van der Waals surface area contributed by atoms with Crippen LogP contribution in [0.3, 0.4) is 0 Å². The molecule has 0 fully saturated rings. The third kappa shape index (κ3) is 2.98. The number of hydrogen-bond donors (Lipinski definition) is 0. The summed E-state index contributed by atoms with van der Waals surface area (Å²) in [6, 6.07) is 5.68. The summed E-state index contributed by atoms with van der Waals surface area (Å²) in [4.78, 5) is 0. The van der Waals surface area contributed by atoms with E-state index in [-0.39, 0.29) is 6.10 Å². The molecule has 94 valence electrons. The van der Waals surface area contributed by atoms with Gasteiger partial charge in [0.2, 0.25) is 0 Å². The molecule has 4 nitrogen and oxygen atoms in total. The monoisotopic (exact) mass is 256 g/mol. The van der Waals surface area contributed by atoms with Gasteiger partial charge in [0, 0.05) is 0 Å². The number of rotatable bonds is 3. The Balaban J connectivity index is 2.32. The van der Waals surface area contributed by atoms with Gasteiger partial charge in [-0.2, -0.15) is 8.42 Å². The fourth-order valence-electron chi connectivity index (χ4n) is 2.18. The molecule has 1 aliphatic carbocycles. The van der Waals surface area contributed by atoms with Crippen LogP contribution in [0.5, 0.6) is 5.75 Å².